The van der Waals surface area contributed by atoms with Crippen LogP contribution in [0, 0.1) is 5.41 Å². The number of hydrogen-bond acceptors (Lipinski definition) is 4. The van der Waals surface area contributed by atoms with Gasteiger partial charge in [-0.1, -0.05) is 44.2 Å². The molecule has 2 unspecified atom stereocenters. The summed E-state index contributed by atoms with van der Waals surface area (Å²) in [6.45, 7) is 6.52. The van der Waals surface area contributed by atoms with Gasteiger partial charge in [-0.3, -0.25) is 19.9 Å². The van der Waals surface area contributed by atoms with Crippen LogP contribution in [0.1, 0.15) is 80.0 Å². The summed E-state index contributed by atoms with van der Waals surface area (Å²) >= 11 is 0. The van der Waals surface area contributed by atoms with Crippen molar-refractivity contribution in [3.05, 3.63) is 65.2 Å². The maximum absolute atomic E-state index is 13.1. The van der Waals surface area contributed by atoms with Crippen LogP contribution in [0.25, 0.3) is 0 Å². The predicted molar refractivity (Wildman–Crippen MR) is 127 cm³/mol. The van der Waals surface area contributed by atoms with Crippen LogP contribution in [0.2, 0.25) is 0 Å². The van der Waals surface area contributed by atoms with E-state index in [0.717, 1.165) is 29.7 Å². The molecular formula is C26H32N4O3. The van der Waals surface area contributed by atoms with Gasteiger partial charge in [0.05, 0.1) is 25.1 Å². The number of carbonyl (C=O) groups is 2. The average Bonchev–Trinajstić information content (AvgIpc) is 2.83. The summed E-state index contributed by atoms with van der Waals surface area (Å²) in [5, 5.41) is 14.9. The zero-order valence-electron chi connectivity index (χ0n) is 19.5. The lowest BCUT2D eigenvalue weighted by molar-refractivity contribution is -0.132. The Morgan fingerprint density at radius 1 is 1.24 bits per heavy atom. The Labute approximate surface area is 195 Å². The number of carbonyl (C=O) groups excluding carboxylic acids is 2. The molecule has 1 fully saturated rings. The minimum absolute atomic E-state index is 0.0661. The molecule has 0 saturated carbocycles. The molecule has 7 nitrogen and oxygen atoms in total. The first-order chi connectivity index (χ1) is 15.9. The first-order valence-corrected chi connectivity index (χ1v) is 11.7. The van der Waals surface area contributed by atoms with Crippen molar-refractivity contribution in [2.24, 2.45) is 0 Å². The fraction of sp³-hybridized carbons (Fsp3) is 0.423. The van der Waals surface area contributed by atoms with E-state index in [1.807, 2.05) is 63.2 Å². The van der Waals surface area contributed by atoms with Gasteiger partial charge in [0, 0.05) is 23.1 Å². The van der Waals surface area contributed by atoms with Crippen molar-refractivity contribution < 1.29 is 14.3 Å². The minimum atomic E-state index is -0.360. The van der Waals surface area contributed by atoms with Gasteiger partial charge in [0.25, 0.3) is 5.91 Å². The van der Waals surface area contributed by atoms with Crippen molar-refractivity contribution >= 4 is 17.8 Å². The predicted octanol–water partition coefficient (Wildman–Crippen LogP) is 4.32. The van der Waals surface area contributed by atoms with Gasteiger partial charge in [0.15, 0.2) is 5.96 Å². The summed E-state index contributed by atoms with van der Waals surface area (Å²) in [7, 11) is 0. The second-order valence-electron chi connectivity index (χ2n) is 8.90. The van der Waals surface area contributed by atoms with Gasteiger partial charge >= 0.3 is 0 Å². The summed E-state index contributed by atoms with van der Waals surface area (Å²) in [6, 6.07) is 14.6. The van der Waals surface area contributed by atoms with Crippen LogP contribution in [0.5, 0.6) is 5.75 Å². The summed E-state index contributed by atoms with van der Waals surface area (Å²) in [5.41, 5.74) is 1.97. The number of amides is 2. The highest BCUT2D eigenvalue weighted by Gasteiger charge is 2.41. The largest absolute Gasteiger partial charge is 0.493 e. The molecule has 2 aromatic rings. The molecule has 0 aliphatic carbocycles. The molecule has 3 N–H and O–H groups in total. The van der Waals surface area contributed by atoms with Crippen LogP contribution in [0.15, 0.2) is 48.5 Å². The van der Waals surface area contributed by atoms with E-state index < -0.39 is 0 Å². The molecule has 0 radical (unpaired) electrons. The minimum Gasteiger partial charge on any atom is -0.493 e. The second kappa shape index (κ2) is 9.25. The molecule has 2 aromatic carbocycles. The van der Waals surface area contributed by atoms with E-state index in [1.54, 1.807) is 6.07 Å². The number of ether oxygens (including phenoxy) is 1. The molecular weight excluding hydrogens is 416 g/mol. The van der Waals surface area contributed by atoms with Gasteiger partial charge in [-0.25, -0.2) is 0 Å². The van der Waals surface area contributed by atoms with Gasteiger partial charge < -0.3 is 15.4 Å². The molecule has 2 amide bonds. The Bertz CT molecular complexity index is 1040. The Kier molecular flexibility index (Phi) is 6.40. The van der Waals surface area contributed by atoms with Gasteiger partial charge in [0.1, 0.15) is 5.75 Å². The van der Waals surface area contributed by atoms with E-state index >= 15 is 0 Å². The van der Waals surface area contributed by atoms with Crippen LogP contribution in [0.4, 0.5) is 0 Å². The summed E-state index contributed by atoms with van der Waals surface area (Å²) in [4.78, 5) is 27.6. The fourth-order valence-corrected chi connectivity index (χ4v) is 4.76. The summed E-state index contributed by atoms with van der Waals surface area (Å²) < 4.78 is 5.69. The van der Waals surface area contributed by atoms with E-state index in [2.05, 4.69) is 10.6 Å². The maximum atomic E-state index is 13.1. The SMILES string of the molecule is CCC1(CC)CC(=O)N(C(C)c2cccc(C(=O)NC3CCOc4ccccc43)c2)C(=N)N1. The van der Waals surface area contributed by atoms with E-state index in [9.17, 15) is 9.59 Å². The van der Waals surface area contributed by atoms with Crippen molar-refractivity contribution in [2.75, 3.05) is 6.61 Å². The molecule has 7 heteroatoms. The van der Waals surface area contributed by atoms with Crippen LogP contribution < -0.4 is 15.4 Å². The molecule has 33 heavy (non-hydrogen) atoms. The second-order valence-corrected chi connectivity index (χ2v) is 8.90. The number of fused-ring (bicyclic) bond motifs is 1. The van der Waals surface area contributed by atoms with E-state index in [0.29, 0.717) is 25.0 Å². The molecule has 2 aliphatic rings. The molecule has 0 bridgehead atoms. The number of para-hydroxylation sites is 1. The van der Waals surface area contributed by atoms with E-state index in [-0.39, 0.29) is 35.4 Å². The monoisotopic (exact) mass is 448 g/mol. The standard InChI is InChI=1S/C26H32N4O3/c1-4-26(5-2)16-23(31)30(25(27)29-26)17(3)18-9-8-10-19(15-18)24(32)28-21-13-14-33-22-12-7-6-11-20(21)22/h6-12,15,17,21H,4-5,13-14,16H2,1-3H3,(H2,27,29)(H,28,32). The topological polar surface area (TPSA) is 94.5 Å². The van der Waals surface area contributed by atoms with E-state index in [1.165, 1.54) is 4.90 Å². The van der Waals surface area contributed by atoms with E-state index in [4.69, 9.17) is 10.1 Å². The van der Waals surface area contributed by atoms with Crippen molar-refractivity contribution in [1.29, 1.82) is 5.41 Å². The average molecular weight is 449 g/mol. The summed E-state index contributed by atoms with van der Waals surface area (Å²) in [5.74, 6) is 0.695. The number of benzene rings is 2. The molecule has 4 rings (SSSR count). The number of rotatable bonds is 6. The normalized spacial score (nSPS) is 20.3. The first kappa shape index (κ1) is 22.8. The molecule has 2 aliphatic heterocycles. The maximum Gasteiger partial charge on any atom is 0.251 e. The number of nitrogens with one attached hydrogen (secondary N) is 3. The highest BCUT2D eigenvalue weighted by atomic mass is 16.5. The number of hydrogen-bond donors (Lipinski definition) is 3. The number of guanidine groups is 1. The Morgan fingerprint density at radius 3 is 2.73 bits per heavy atom. The van der Waals surface area contributed by atoms with Crippen LogP contribution in [0.3, 0.4) is 0 Å². The van der Waals surface area contributed by atoms with Crippen molar-refractivity contribution in [3.8, 4) is 5.75 Å². The molecule has 2 heterocycles. The summed E-state index contributed by atoms with van der Waals surface area (Å²) in [6.07, 6.45) is 2.63. The molecule has 174 valence electrons. The van der Waals surface area contributed by atoms with Crippen LogP contribution in [-0.4, -0.2) is 34.8 Å². The Morgan fingerprint density at radius 2 is 2.00 bits per heavy atom. The zero-order chi connectivity index (χ0) is 23.6. The third kappa shape index (κ3) is 4.45. The van der Waals surface area contributed by atoms with Crippen LogP contribution in [-0.2, 0) is 4.79 Å². The lowest BCUT2D eigenvalue weighted by Gasteiger charge is -2.44. The molecule has 0 aromatic heterocycles. The lowest BCUT2D eigenvalue weighted by Crippen LogP contribution is -2.62. The fourth-order valence-electron chi connectivity index (χ4n) is 4.76. The molecule has 1 saturated heterocycles. The molecule has 0 spiro atoms. The number of nitrogens with zero attached hydrogens (tertiary/aromatic N) is 1. The zero-order valence-corrected chi connectivity index (χ0v) is 19.5. The van der Waals surface area contributed by atoms with Crippen molar-refractivity contribution in [2.45, 2.75) is 64.1 Å². The van der Waals surface area contributed by atoms with Gasteiger partial charge in [0.2, 0.25) is 5.91 Å². The Hall–Kier alpha value is -3.35. The lowest BCUT2D eigenvalue weighted by atomic mass is 9.86. The van der Waals surface area contributed by atoms with Gasteiger partial charge in [-0.15, -0.1) is 0 Å². The van der Waals surface area contributed by atoms with Crippen molar-refractivity contribution in [1.82, 2.24) is 15.5 Å². The highest BCUT2D eigenvalue weighted by Crippen LogP contribution is 2.33. The van der Waals surface area contributed by atoms with Crippen molar-refractivity contribution in [3.63, 3.8) is 0 Å². The smallest absolute Gasteiger partial charge is 0.251 e. The Balaban J connectivity index is 1.51. The highest BCUT2D eigenvalue weighted by molar-refractivity contribution is 6.00. The third-order valence-corrected chi connectivity index (χ3v) is 7.02. The first-order valence-electron chi connectivity index (χ1n) is 11.7. The van der Waals surface area contributed by atoms with Gasteiger partial charge in [-0.05, 0) is 43.5 Å². The third-order valence-electron chi connectivity index (χ3n) is 7.02. The molecule has 2 atom stereocenters. The van der Waals surface area contributed by atoms with Crippen LogP contribution >= 0.6 is 0 Å². The van der Waals surface area contributed by atoms with Gasteiger partial charge in [-0.2, -0.15) is 0 Å². The quantitative estimate of drug-likeness (QED) is 0.614.